The van der Waals surface area contributed by atoms with Crippen LogP contribution in [-0.4, -0.2) is 33.7 Å². The Balaban J connectivity index is 1.49. The molecule has 5 heteroatoms. The number of benzene rings is 2. The van der Waals surface area contributed by atoms with E-state index in [9.17, 15) is 4.79 Å². The normalized spacial score (nSPS) is 14.8. The van der Waals surface area contributed by atoms with Crippen LogP contribution in [0.3, 0.4) is 0 Å². The quantitative estimate of drug-likeness (QED) is 0.617. The summed E-state index contributed by atoms with van der Waals surface area (Å²) in [5.41, 5.74) is 4.29. The SMILES string of the molecule is Cc1cc(C(=O)Nc2ccccc2CN(C)C2CCCCC2)nn1-c1ccccc1. The first kappa shape index (κ1) is 20.4. The molecule has 1 aliphatic carbocycles. The van der Waals surface area contributed by atoms with E-state index >= 15 is 0 Å². The predicted molar refractivity (Wildman–Crippen MR) is 121 cm³/mol. The minimum Gasteiger partial charge on any atom is -0.320 e. The molecule has 0 unspecified atom stereocenters. The van der Waals surface area contributed by atoms with Gasteiger partial charge in [-0.05, 0) is 56.6 Å². The van der Waals surface area contributed by atoms with Crippen molar-refractivity contribution in [2.45, 2.75) is 51.6 Å². The van der Waals surface area contributed by atoms with Gasteiger partial charge in [0.05, 0.1) is 5.69 Å². The minimum atomic E-state index is -0.180. The number of para-hydroxylation sites is 2. The number of aromatic nitrogens is 2. The van der Waals surface area contributed by atoms with Gasteiger partial charge in [-0.25, -0.2) is 4.68 Å². The van der Waals surface area contributed by atoms with E-state index in [4.69, 9.17) is 0 Å². The molecule has 0 bridgehead atoms. The lowest BCUT2D eigenvalue weighted by Gasteiger charge is -2.31. The maximum absolute atomic E-state index is 13.0. The van der Waals surface area contributed by atoms with Crippen LogP contribution in [0, 0.1) is 6.92 Å². The zero-order valence-corrected chi connectivity index (χ0v) is 17.8. The smallest absolute Gasteiger partial charge is 0.276 e. The molecule has 0 aliphatic heterocycles. The number of carbonyl (C=O) groups excluding carboxylic acids is 1. The number of carbonyl (C=O) groups is 1. The van der Waals surface area contributed by atoms with Crippen molar-refractivity contribution in [3.8, 4) is 5.69 Å². The van der Waals surface area contributed by atoms with E-state index in [-0.39, 0.29) is 5.91 Å². The van der Waals surface area contributed by atoms with Gasteiger partial charge in [-0.2, -0.15) is 5.10 Å². The average molecular weight is 403 g/mol. The van der Waals surface area contributed by atoms with Crippen molar-refractivity contribution in [2.24, 2.45) is 0 Å². The number of rotatable bonds is 6. The molecule has 4 rings (SSSR count). The maximum atomic E-state index is 13.0. The molecule has 3 aromatic rings. The van der Waals surface area contributed by atoms with Crippen LogP contribution >= 0.6 is 0 Å². The van der Waals surface area contributed by atoms with Crippen molar-refractivity contribution in [1.29, 1.82) is 0 Å². The Morgan fingerprint density at radius 1 is 1.07 bits per heavy atom. The van der Waals surface area contributed by atoms with E-state index < -0.39 is 0 Å². The van der Waals surface area contributed by atoms with Gasteiger partial charge in [0.1, 0.15) is 0 Å². The second-order valence-electron chi connectivity index (χ2n) is 8.24. The molecular formula is C25H30N4O. The molecule has 0 radical (unpaired) electrons. The Labute approximate surface area is 178 Å². The first-order valence-electron chi connectivity index (χ1n) is 10.8. The van der Waals surface area contributed by atoms with Gasteiger partial charge in [0.25, 0.3) is 5.91 Å². The first-order valence-corrected chi connectivity index (χ1v) is 10.8. The number of aryl methyl sites for hydroxylation is 1. The van der Waals surface area contributed by atoms with Crippen molar-refractivity contribution in [3.05, 3.63) is 77.6 Å². The topological polar surface area (TPSA) is 50.2 Å². The summed E-state index contributed by atoms with van der Waals surface area (Å²) in [5, 5.41) is 7.62. The van der Waals surface area contributed by atoms with Gasteiger partial charge in [-0.15, -0.1) is 0 Å². The van der Waals surface area contributed by atoms with E-state index in [1.54, 1.807) is 4.68 Å². The van der Waals surface area contributed by atoms with Crippen LogP contribution in [0.2, 0.25) is 0 Å². The highest BCUT2D eigenvalue weighted by Crippen LogP contribution is 2.25. The van der Waals surface area contributed by atoms with Crippen LogP contribution in [-0.2, 0) is 6.54 Å². The van der Waals surface area contributed by atoms with Gasteiger partial charge in [0.15, 0.2) is 5.69 Å². The number of hydrogen-bond donors (Lipinski definition) is 1. The Bertz CT molecular complexity index is 989. The Kier molecular flexibility index (Phi) is 6.29. The van der Waals surface area contributed by atoms with Gasteiger partial charge in [0.2, 0.25) is 0 Å². The predicted octanol–water partition coefficient (Wildman–Crippen LogP) is 5.20. The first-order chi connectivity index (χ1) is 14.6. The molecule has 0 spiro atoms. The third-order valence-corrected chi connectivity index (χ3v) is 6.00. The van der Waals surface area contributed by atoms with Gasteiger partial charge in [0, 0.05) is 24.0 Å². The molecule has 1 N–H and O–H groups in total. The number of nitrogens with one attached hydrogen (secondary N) is 1. The highest BCUT2D eigenvalue weighted by molar-refractivity contribution is 6.03. The molecule has 1 aromatic heterocycles. The van der Waals surface area contributed by atoms with Crippen LogP contribution in [0.15, 0.2) is 60.7 Å². The summed E-state index contributed by atoms with van der Waals surface area (Å²) in [7, 11) is 2.19. The van der Waals surface area contributed by atoms with Gasteiger partial charge >= 0.3 is 0 Å². The summed E-state index contributed by atoms with van der Waals surface area (Å²) in [6.45, 7) is 2.79. The Morgan fingerprint density at radius 2 is 1.77 bits per heavy atom. The second-order valence-corrected chi connectivity index (χ2v) is 8.24. The molecule has 1 amide bonds. The summed E-state index contributed by atoms with van der Waals surface area (Å²) in [4.78, 5) is 15.4. The summed E-state index contributed by atoms with van der Waals surface area (Å²) in [6.07, 6.45) is 6.52. The van der Waals surface area contributed by atoms with Crippen LogP contribution < -0.4 is 5.32 Å². The summed E-state index contributed by atoms with van der Waals surface area (Å²) < 4.78 is 1.80. The number of hydrogen-bond acceptors (Lipinski definition) is 3. The van der Waals surface area contributed by atoms with E-state index in [1.807, 2.05) is 61.5 Å². The number of anilines is 1. The zero-order chi connectivity index (χ0) is 20.9. The van der Waals surface area contributed by atoms with Gasteiger partial charge in [-0.3, -0.25) is 9.69 Å². The maximum Gasteiger partial charge on any atom is 0.276 e. The fraction of sp³-hybridized carbons (Fsp3) is 0.360. The molecule has 0 atom stereocenters. The lowest BCUT2D eigenvalue weighted by molar-refractivity contribution is 0.102. The van der Waals surface area contributed by atoms with E-state index in [0.717, 1.165) is 29.2 Å². The molecule has 156 valence electrons. The molecule has 1 aliphatic rings. The molecule has 2 aromatic carbocycles. The zero-order valence-electron chi connectivity index (χ0n) is 17.8. The monoisotopic (exact) mass is 402 g/mol. The summed E-state index contributed by atoms with van der Waals surface area (Å²) in [6, 6.07) is 20.4. The van der Waals surface area contributed by atoms with Crippen LogP contribution in [0.4, 0.5) is 5.69 Å². The molecular weight excluding hydrogens is 372 g/mol. The third kappa shape index (κ3) is 4.62. The highest BCUT2D eigenvalue weighted by Gasteiger charge is 2.20. The molecule has 5 nitrogen and oxygen atoms in total. The summed E-state index contributed by atoms with van der Waals surface area (Å²) >= 11 is 0. The Morgan fingerprint density at radius 3 is 2.53 bits per heavy atom. The van der Waals surface area contributed by atoms with Crippen molar-refractivity contribution >= 4 is 11.6 Å². The van der Waals surface area contributed by atoms with Crippen LogP contribution in [0.1, 0.15) is 53.8 Å². The van der Waals surface area contributed by atoms with Gasteiger partial charge < -0.3 is 5.32 Å². The van der Waals surface area contributed by atoms with Crippen molar-refractivity contribution < 1.29 is 4.79 Å². The highest BCUT2D eigenvalue weighted by atomic mass is 16.2. The molecule has 0 saturated heterocycles. The van der Waals surface area contributed by atoms with E-state index in [1.165, 1.54) is 32.1 Å². The van der Waals surface area contributed by atoms with Gasteiger partial charge in [-0.1, -0.05) is 55.7 Å². The minimum absolute atomic E-state index is 0.180. The Hall–Kier alpha value is -2.92. The lowest BCUT2D eigenvalue weighted by atomic mass is 9.94. The second kappa shape index (κ2) is 9.26. The third-order valence-electron chi connectivity index (χ3n) is 6.00. The average Bonchev–Trinajstić information content (AvgIpc) is 3.18. The molecule has 1 heterocycles. The molecule has 1 saturated carbocycles. The van der Waals surface area contributed by atoms with Crippen LogP contribution in [0.25, 0.3) is 5.69 Å². The summed E-state index contributed by atoms with van der Waals surface area (Å²) in [5.74, 6) is -0.180. The molecule has 1 fully saturated rings. The fourth-order valence-corrected chi connectivity index (χ4v) is 4.30. The van der Waals surface area contributed by atoms with Crippen molar-refractivity contribution in [1.82, 2.24) is 14.7 Å². The largest absolute Gasteiger partial charge is 0.320 e. The van der Waals surface area contributed by atoms with Crippen LogP contribution in [0.5, 0.6) is 0 Å². The van der Waals surface area contributed by atoms with Crippen molar-refractivity contribution in [2.75, 3.05) is 12.4 Å². The molecule has 30 heavy (non-hydrogen) atoms. The van der Waals surface area contributed by atoms with Crippen molar-refractivity contribution in [3.63, 3.8) is 0 Å². The number of amides is 1. The van der Waals surface area contributed by atoms with E-state index in [0.29, 0.717) is 11.7 Å². The standard InChI is InChI=1S/C25H30N4O/c1-19-17-24(27-29(19)22-14-7-4-8-15-22)25(30)26-23-16-10-9-11-20(23)18-28(2)21-12-5-3-6-13-21/h4,7-11,14-17,21H,3,5-6,12-13,18H2,1-2H3,(H,26,30). The number of nitrogens with zero attached hydrogens (tertiary/aromatic N) is 3. The lowest BCUT2D eigenvalue weighted by Crippen LogP contribution is -2.33. The van der Waals surface area contributed by atoms with E-state index in [2.05, 4.69) is 28.4 Å². The fourth-order valence-electron chi connectivity index (χ4n) is 4.30.